The number of hydrogen-bond donors (Lipinski definition) is 1. The van der Waals surface area contributed by atoms with Gasteiger partial charge in [-0.1, -0.05) is 35.9 Å². The van der Waals surface area contributed by atoms with Crippen LogP contribution in [0.15, 0.2) is 48.5 Å². The molecule has 27 heavy (non-hydrogen) atoms. The number of carbonyl (C=O) groups excluding carboxylic acids is 2. The molecule has 0 aromatic heterocycles. The zero-order valence-corrected chi connectivity index (χ0v) is 15.6. The number of nitrogens with one attached hydrogen (secondary N) is 1. The number of piperazine rings is 1. The van der Waals surface area contributed by atoms with E-state index in [9.17, 15) is 14.0 Å². The molecule has 2 aromatic rings. The number of amides is 2. The summed E-state index contributed by atoms with van der Waals surface area (Å²) in [6.45, 7) is 2.53. The van der Waals surface area contributed by atoms with Crippen LogP contribution < -0.4 is 10.2 Å². The van der Waals surface area contributed by atoms with Crippen LogP contribution in [0.25, 0.3) is 0 Å². The molecule has 1 N–H and O–H groups in total. The summed E-state index contributed by atoms with van der Waals surface area (Å²) in [5.41, 5.74) is 1.42. The lowest BCUT2D eigenvalue weighted by molar-refractivity contribution is -0.136. The smallest absolute Gasteiger partial charge is 0.232 e. The van der Waals surface area contributed by atoms with Crippen LogP contribution in [0.3, 0.4) is 0 Å². The van der Waals surface area contributed by atoms with Gasteiger partial charge in [0.2, 0.25) is 11.8 Å². The summed E-state index contributed by atoms with van der Waals surface area (Å²) in [7, 11) is 0. The van der Waals surface area contributed by atoms with Gasteiger partial charge in [0.15, 0.2) is 0 Å². The summed E-state index contributed by atoms with van der Waals surface area (Å²) in [6, 6.07) is 13.8. The molecule has 2 aromatic carbocycles. The molecule has 2 amide bonds. The Labute approximate surface area is 162 Å². The Morgan fingerprint density at radius 2 is 1.78 bits per heavy atom. The summed E-state index contributed by atoms with van der Waals surface area (Å²) < 4.78 is 13.6. The number of nitrogens with zero attached hydrogens (tertiary/aromatic N) is 2. The van der Waals surface area contributed by atoms with E-state index in [1.54, 1.807) is 23.1 Å². The first-order valence-electron chi connectivity index (χ1n) is 8.81. The molecular weight excluding hydrogens is 369 g/mol. The van der Waals surface area contributed by atoms with E-state index in [1.165, 1.54) is 6.07 Å². The van der Waals surface area contributed by atoms with E-state index in [0.717, 1.165) is 5.69 Å². The highest BCUT2D eigenvalue weighted by Gasteiger charge is 2.23. The third kappa shape index (κ3) is 5.20. The Bertz CT molecular complexity index is 822. The average molecular weight is 390 g/mol. The predicted octanol–water partition coefficient (Wildman–Crippen LogP) is 2.83. The normalized spacial score (nSPS) is 14.1. The average Bonchev–Trinajstić information content (AvgIpc) is 2.67. The van der Waals surface area contributed by atoms with Crippen LogP contribution in [0.1, 0.15) is 12.0 Å². The maximum atomic E-state index is 13.6. The number of halogens is 2. The lowest BCUT2D eigenvalue weighted by Crippen LogP contribution is -2.49. The third-order valence-corrected chi connectivity index (χ3v) is 4.79. The summed E-state index contributed by atoms with van der Waals surface area (Å²) in [6.07, 6.45) is -0.231. The number of anilines is 1. The molecule has 1 fully saturated rings. The van der Waals surface area contributed by atoms with Crippen molar-refractivity contribution in [2.45, 2.75) is 13.0 Å². The molecule has 0 saturated carbocycles. The van der Waals surface area contributed by atoms with Crippen molar-refractivity contribution in [1.29, 1.82) is 0 Å². The standard InChI is InChI=1S/C20H21ClFN3O2/c21-16-5-3-6-17(12-16)24-8-10-25(11-9-24)20(27)13-19(26)23-14-15-4-1-2-7-18(15)22/h1-7,12H,8-11,13-14H2,(H,23,26). The van der Waals surface area contributed by atoms with Gasteiger partial charge in [-0.15, -0.1) is 0 Å². The monoisotopic (exact) mass is 389 g/mol. The van der Waals surface area contributed by atoms with Crippen molar-refractivity contribution in [3.8, 4) is 0 Å². The Balaban J connectivity index is 1.45. The molecule has 1 saturated heterocycles. The van der Waals surface area contributed by atoms with Crippen molar-refractivity contribution >= 4 is 29.1 Å². The van der Waals surface area contributed by atoms with Gasteiger partial charge in [0, 0.05) is 49.0 Å². The molecular formula is C20H21ClFN3O2. The van der Waals surface area contributed by atoms with Crippen molar-refractivity contribution in [3.05, 3.63) is 64.9 Å². The van der Waals surface area contributed by atoms with E-state index in [2.05, 4.69) is 10.2 Å². The maximum Gasteiger partial charge on any atom is 0.232 e. The minimum absolute atomic E-state index is 0.0708. The Kier molecular flexibility index (Phi) is 6.29. The van der Waals surface area contributed by atoms with Crippen LogP contribution in [-0.2, 0) is 16.1 Å². The van der Waals surface area contributed by atoms with Crippen molar-refractivity contribution < 1.29 is 14.0 Å². The highest BCUT2D eigenvalue weighted by molar-refractivity contribution is 6.30. The number of hydrogen-bond acceptors (Lipinski definition) is 3. The van der Waals surface area contributed by atoms with Crippen LogP contribution in [0.2, 0.25) is 5.02 Å². The molecule has 1 heterocycles. The van der Waals surface area contributed by atoms with E-state index in [-0.39, 0.29) is 24.7 Å². The lowest BCUT2D eigenvalue weighted by Gasteiger charge is -2.36. The molecule has 5 nitrogen and oxygen atoms in total. The Morgan fingerprint density at radius 3 is 2.48 bits per heavy atom. The minimum atomic E-state index is -0.402. The molecule has 0 unspecified atom stereocenters. The molecule has 0 spiro atoms. The summed E-state index contributed by atoms with van der Waals surface area (Å²) in [5.74, 6) is -0.992. The summed E-state index contributed by atoms with van der Waals surface area (Å²) in [4.78, 5) is 28.2. The van der Waals surface area contributed by atoms with Gasteiger partial charge in [-0.3, -0.25) is 9.59 Å². The highest BCUT2D eigenvalue weighted by atomic mass is 35.5. The van der Waals surface area contributed by atoms with Gasteiger partial charge in [0.05, 0.1) is 0 Å². The third-order valence-electron chi connectivity index (χ3n) is 4.55. The summed E-state index contributed by atoms with van der Waals surface area (Å²) in [5, 5.41) is 3.28. The zero-order valence-electron chi connectivity index (χ0n) is 14.8. The fraction of sp³-hybridized carbons (Fsp3) is 0.300. The minimum Gasteiger partial charge on any atom is -0.368 e. The largest absolute Gasteiger partial charge is 0.368 e. The van der Waals surface area contributed by atoms with Crippen LogP contribution in [0.4, 0.5) is 10.1 Å². The fourth-order valence-corrected chi connectivity index (χ4v) is 3.22. The molecule has 0 atom stereocenters. The topological polar surface area (TPSA) is 52.7 Å². The second-order valence-corrected chi connectivity index (χ2v) is 6.83. The molecule has 1 aliphatic rings. The van der Waals surface area contributed by atoms with Gasteiger partial charge in [0.1, 0.15) is 12.2 Å². The van der Waals surface area contributed by atoms with Crippen LogP contribution in [-0.4, -0.2) is 42.9 Å². The molecule has 0 bridgehead atoms. The molecule has 3 rings (SSSR count). The first kappa shape index (κ1) is 19.2. The van der Waals surface area contributed by atoms with E-state index in [0.29, 0.717) is 36.8 Å². The van der Waals surface area contributed by atoms with E-state index in [1.807, 2.05) is 24.3 Å². The van der Waals surface area contributed by atoms with Gasteiger partial charge in [-0.2, -0.15) is 0 Å². The highest BCUT2D eigenvalue weighted by Crippen LogP contribution is 2.20. The zero-order chi connectivity index (χ0) is 19.2. The fourth-order valence-electron chi connectivity index (χ4n) is 3.03. The van der Waals surface area contributed by atoms with Gasteiger partial charge >= 0.3 is 0 Å². The molecule has 1 aliphatic heterocycles. The van der Waals surface area contributed by atoms with Crippen molar-refractivity contribution in [1.82, 2.24) is 10.2 Å². The first-order valence-corrected chi connectivity index (χ1v) is 9.19. The quantitative estimate of drug-likeness (QED) is 0.800. The molecule has 0 radical (unpaired) electrons. The van der Waals surface area contributed by atoms with Crippen molar-refractivity contribution in [2.75, 3.05) is 31.1 Å². The van der Waals surface area contributed by atoms with Gasteiger partial charge in [0.25, 0.3) is 0 Å². The van der Waals surface area contributed by atoms with Gasteiger partial charge in [-0.25, -0.2) is 4.39 Å². The second-order valence-electron chi connectivity index (χ2n) is 6.39. The van der Waals surface area contributed by atoms with Gasteiger partial charge in [-0.05, 0) is 24.3 Å². The number of carbonyl (C=O) groups is 2. The van der Waals surface area contributed by atoms with Crippen LogP contribution in [0.5, 0.6) is 0 Å². The van der Waals surface area contributed by atoms with Crippen molar-refractivity contribution in [2.24, 2.45) is 0 Å². The van der Waals surface area contributed by atoms with Crippen molar-refractivity contribution in [3.63, 3.8) is 0 Å². The van der Waals surface area contributed by atoms with E-state index >= 15 is 0 Å². The van der Waals surface area contributed by atoms with E-state index < -0.39 is 5.91 Å². The Hall–Kier alpha value is -2.60. The Morgan fingerprint density at radius 1 is 1.04 bits per heavy atom. The van der Waals surface area contributed by atoms with Gasteiger partial charge < -0.3 is 15.1 Å². The molecule has 0 aliphatic carbocycles. The lowest BCUT2D eigenvalue weighted by atomic mass is 10.2. The maximum absolute atomic E-state index is 13.6. The molecule has 7 heteroatoms. The van der Waals surface area contributed by atoms with Crippen LogP contribution >= 0.6 is 11.6 Å². The predicted molar refractivity (Wildman–Crippen MR) is 103 cm³/mol. The second kappa shape index (κ2) is 8.86. The first-order chi connectivity index (χ1) is 13.0. The molecule has 142 valence electrons. The van der Waals surface area contributed by atoms with Crippen LogP contribution in [0, 0.1) is 5.82 Å². The number of benzene rings is 2. The SMILES string of the molecule is O=C(CC(=O)N1CCN(c2cccc(Cl)c2)CC1)NCc1ccccc1F. The van der Waals surface area contributed by atoms with E-state index in [4.69, 9.17) is 11.6 Å². The number of rotatable bonds is 5. The summed E-state index contributed by atoms with van der Waals surface area (Å²) >= 11 is 6.03.